The van der Waals surface area contributed by atoms with Crippen LogP contribution in [0.1, 0.15) is 43.0 Å². The molecule has 1 saturated heterocycles. The fourth-order valence-electron chi connectivity index (χ4n) is 4.18. The van der Waals surface area contributed by atoms with E-state index in [4.69, 9.17) is 16.3 Å². The number of carbonyl (C=O) groups excluding carboxylic acids is 2. The fourth-order valence-corrected chi connectivity index (χ4v) is 4.44. The Morgan fingerprint density at radius 2 is 1.79 bits per heavy atom. The summed E-state index contributed by atoms with van der Waals surface area (Å²) in [6.07, 6.45) is 0.728. The Bertz CT molecular complexity index is 1040. The van der Waals surface area contributed by atoms with Crippen LogP contribution in [0.15, 0.2) is 48.0 Å². The first-order valence-corrected chi connectivity index (χ1v) is 11.6. The fraction of sp³-hybridized carbons (Fsp3) is 0.385. The van der Waals surface area contributed by atoms with Crippen LogP contribution in [0.2, 0.25) is 5.02 Å². The summed E-state index contributed by atoms with van der Waals surface area (Å²) in [7, 11) is 1.50. The second-order valence-corrected chi connectivity index (χ2v) is 8.54. The lowest BCUT2D eigenvalue weighted by molar-refractivity contribution is -0.140. The topological polar surface area (TPSA) is 70.1 Å². The van der Waals surface area contributed by atoms with Crippen molar-refractivity contribution in [1.29, 1.82) is 0 Å². The minimum Gasteiger partial charge on any atom is -0.507 e. The standard InChI is InChI=1S/C26H31ClN2O4/c1-5-28(6-2)14-7-15-29-23(18-10-8-17(3)9-11-18)22(25(31)26(29)32)24(30)19-12-13-21(33-4)20(27)16-19/h8-13,16,23,30H,5-7,14-15H2,1-4H3. The number of methoxy groups -OCH3 is 1. The van der Waals surface area contributed by atoms with E-state index in [0.717, 1.165) is 37.2 Å². The number of rotatable bonds is 9. The number of aryl methyl sites for hydroxylation is 1. The van der Waals surface area contributed by atoms with Crippen LogP contribution in [0.5, 0.6) is 5.75 Å². The van der Waals surface area contributed by atoms with Gasteiger partial charge < -0.3 is 19.6 Å². The summed E-state index contributed by atoms with van der Waals surface area (Å²) in [5, 5.41) is 11.5. The number of carbonyl (C=O) groups is 2. The highest BCUT2D eigenvalue weighted by atomic mass is 35.5. The summed E-state index contributed by atoms with van der Waals surface area (Å²) in [5.41, 5.74) is 2.29. The van der Waals surface area contributed by atoms with Crippen LogP contribution in [0.3, 0.4) is 0 Å². The predicted molar refractivity (Wildman–Crippen MR) is 131 cm³/mol. The van der Waals surface area contributed by atoms with Gasteiger partial charge in [-0.1, -0.05) is 55.3 Å². The summed E-state index contributed by atoms with van der Waals surface area (Å²) in [6, 6.07) is 11.8. The molecule has 0 aliphatic carbocycles. The lowest BCUT2D eigenvalue weighted by Gasteiger charge is -2.27. The molecule has 1 amide bonds. The molecule has 3 rings (SSSR count). The number of benzene rings is 2. The van der Waals surface area contributed by atoms with Crippen LogP contribution in [-0.2, 0) is 9.59 Å². The van der Waals surface area contributed by atoms with Crippen molar-refractivity contribution in [1.82, 2.24) is 9.80 Å². The molecule has 2 aromatic rings. The monoisotopic (exact) mass is 470 g/mol. The number of likely N-dealkylation sites (tertiary alicyclic amines) is 1. The third-order valence-electron chi connectivity index (χ3n) is 6.13. The molecule has 176 valence electrons. The summed E-state index contributed by atoms with van der Waals surface area (Å²) >= 11 is 6.24. The van der Waals surface area contributed by atoms with Crippen LogP contribution in [0.4, 0.5) is 0 Å². The van der Waals surface area contributed by atoms with E-state index in [-0.39, 0.29) is 11.3 Å². The van der Waals surface area contributed by atoms with Crippen molar-refractivity contribution in [2.24, 2.45) is 0 Å². The molecule has 33 heavy (non-hydrogen) atoms. The molecule has 0 saturated carbocycles. The third-order valence-corrected chi connectivity index (χ3v) is 6.42. The SMILES string of the molecule is CCN(CC)CCCN1C(=O)C(=O)C(=C(O)c2ccc(OC)c(Cl)c2)C1c1ccc(C)cc1. The largest absolute Gasteiger partial charge is 0.507 e. The van der Waals surface area contributed by atoms with Gasteiger partial charge in [0.15, 0.2) is 0 Å². The Balaban J connectivity index is 2.04. The minimum absolute atomic E-state index is 0.0768. The zero-order valence-corrected chi connectivity index (χ0v) is 20.4. The number of hydrogen-bond acceptors (Lipinski definition) is 5. The molecule has 0 aromatic heterocycles. The molecular weight excluding hydrogens is 440 g/mol. The second kappa shape index (κ2) is 10.9. The van der Waals surface area contributed by atoms with Gasteiger partial charge in [0.1, 0.15) is 11.5 Å². The highest BCUT2D eigenvalue weighted by molar-refractivity contribution is 6.46. The van der Waals surface area contributed by atoms with E-state index in [1.807, 2.05) is 31.2 Å². The lowest BCUT2D eigenvalue weighted by Crippen LogP contribution is -2.33. The van der Waals surface area contributed by atoms with Gasteiger partial charge in [0.05, 0.1) is 23.7 Å². The van der Waals surface area contributed by atoms with E-state index >= 15 is 0 Å². The molecule has 0 spiro atoms. The molecule has 7 heteroatoms. The average molecular weight is 471 g/mol. The van der Waals surface area contributed by atoms with Gasteiger partial charge >= 0.3 is 0 Å². The molecule has 0 bridgehead atoms. The maximum atomic E-state index is 13.1. The number of hydrogen-bond donors (Lipinski definition) is 1. The van der Waals surface area contributed by atoms with Gasteiger partial charge in [-0.2, -0.15) is 0 Å². The first-order valence-electron chi connectivity index (χ1n) is 11.2. The van der Waals surface area contributed by atoms with E-state index in [1.54, 1.807) is 17.0 Å². The number of ether oxygens (including phenoxy) is 1. The highest BCUT2D eigenvalue weighted by Crippen LogP contribution is 2.40. The number of Topliss-reactive ketones (excluding diaryl/α,β-unsaturated/α-hetero) is 1. The Morgan fingerprint density at radius 1 is 1.12 bits per heavy atom. The van der Waals surface area contributed by atoms with Crippen LogP contribution >= 0.6 is 11.6 Å². The normalized spacial score (nSPS) is 17.8. The van der Waals surface area contributed by atoms with Gasteiger partial charge in [0.2, 0.25) is 0 Å². The van der Waals surface area contributed by atoms with E-state index in [9.17, 15) is 14.7 Å². The van der Waals surface area contributed by atoms with Crippen LogP contribution in [0, 0.1) is 6.92 Å². The Labute approximate surface area is 200 Å². The lowest BCUT2D eigenvalue weighted by atomic mass is 9.94. The van der Waals surface area contributed by atoms with Gasteiger partial charge in [0.25, 0.3) is 11.7 Å². The molecule has 1 aliphatic rings. The molecule has 1 atom stereocenters. The van der Waals surface area contributed by atoms with Crippen molar-refractivity contribution in [2.45, 2.75) is 33.2 Å². The number of aliphatic hydroxyl groups excluding tert-OH is 1. The summed E-state index contributed by atoms with van der Waals surface area (Å²) in [4.78, 5) is 30.0. The third kappa shape index (κ3) is 5.23. The maximum absolute atomic E-state index is 13.1. The van der Waals surface area contributed by atoms with Gasteiger partial charge in [-0.25, -0.2) is 0 Å². The Morgan fingerprint density at radius 3 is 2.36 bits per heavy atom. The Hall–Kier alpha value is -2.83. The van der Waals surface area contributed by atoms with Crippen molar-refractivity contribution in [2.75, 3.05) is 33.3 Å². The van der Waals surface area contributed by atoms with Gasteiger partial charge in [-0.3, -0.25) is 9.59 Å². The van der Waals surface area contributed by atoms with Gasteiger partial charge in [0, 0.05) is 12.1 Å². The first-order chi connectivity index (χ1) is 15.8. The molecule has 1 heterocycles. The smallest absolute Gasteiger partial charge is 0.295 e. The summed E-state index contributed by atoms with van der Waals surface area (Å²) in [6.45, 7) is 9.27. The van der Waals surface area contributed by atoms with Crippen molar-refractivity contribution in [3.63, 3.8) is 0 Å². The highest BCUT2D eigenvalue weighted by Gasteiger charge is 2.45. The van der Waals surface area contributed by atoms with E-state index in [2.05, 4.69) is 18.7 Å². The molecule has 6 nitrogen and oxygen atoms in total. The molecule has 1 fully saturated rings. The van der Waals surface area contributed by atoms with Crippen molar-refractivity contribution in [3.05, 3.63) is 69.8 Å². The average Bonchev–Trinajstić information content (AvgIpc) is 3.06. The van der Waals surface area contributed by atoms with E-state index in [0.29, 0.717) is 22.9 Å². The Kier molecular flexibility index (Phi) is 8.16. The second-order valence-electron chi connectivity index (χ2n) is 8.13. The minimum atomic E-state index is -0.687. The van der Waals surface area contributed by atoms with Crippen LogP contribution < -0.4 is 4.74 Å². The number of amides is 1. The van der Waals surface area contributed by atoms with E-state index < -0.39 is 17.7 Å². The van der Waals surface area contributed by atoms with Crippen molar-refractivity contribution >= 4 is 29.1 Å². The number of aliphatic hydroxyl groups is 1. The molecular formula is C26H31ClN2O4. The molecule has 1 unspecified atom stereocenters. The number of halogens is 1. The summed E-state index contributed by atoms with van der Waals surface area (Å²) < 4.78 is 5.18. The van der Waals surface area contributed by atoms with Crippen LogP contribution in [-0.4, -0.2) is 59.9 Å². The zero-order valence-electron chi connectivity index (χ0n) is 19.6. The van der Waals surface area contributed by atoms with E-state index in [1.165, 1.54) is 13.2 Å². The number of nitrogens with zero attached hydrogens (tertiary/aromatic N) is 2. The quantitative estimate of drug-likeness (QED) is 0.323. The molecule has 1 aliphatic heterocycles. The van der Waals surface area contributed by atoms with Gasteiger partial charge in [-0.15, -0.1) is 0 Å². The predicted octanol–water partition coefficient (Wildman–Crippen LogP) is 4.81. The van der Waals surface area contributed by atoms with Gasteiger partial charge in [-0.05, 0) is 56.7 Å². The summed E-state index contributed by atoms with van der Waals surface area (Å²) in [5.74, 6) is -1.07. The maximum Gasteiger partial charge on any atom is 0.295 e. The number of ketones is 1. The molecule has 1 N–H and O–H groups in total. The molecule has 2 aromatic carbocycles. The molecule has 0 radical (unpaired) electrons. The van der Waals surface area contributed by atoms with Crippen LogP contribution in [0.25, 0.3) is 5.76 Å². The zero-order chi connectivity index (χ0) is 24.1. The van der Waals surface area contributed by atoms with Crippen molar-refractivity contribution in [3.8, 4) is 5.75 Å². The first kappa shape index (κ1) is 24.8. The van der Waals surface area contributed by atoms with Crippen molar-refractivity contribution < 1.29 is 19.4 Å².